The predicted molar refractivity (Wildman–Crippen MR) is 110 cm³/mol. The Morgan fingerprint density at radius 2 is 1.81 bits per heavy atom. The number of nitrogens with zero attached hydrogens (tertiary/aromatic N) is 3. The monoisotopic (exact) mass is 443 g/mol. The summed E-state index contributed by atoms with van der Waals surface area (Å²) in [5.74, 6) is -0.605. The number of nitrogens with two attached hydrogens (primary N) is 1. The molecule has 0 aliphatic carbocycles. The molecule has 164 valence electrons. The van der Waals surface area contributed by atoms with Crippen LogP contribution < -0.4 is 16.2 Å². The van der Waals surface area contributed by atoms with Gasteiger partial charge in [0.2, 0.25) is 0 Å². The van der Waals surface area contributed by atoms with Gasteiger partial charge in [-0.3, -0.25) is 4.79 Å². The molecule has 11 heteroatoms. The number of para-hydroxylation sites is 2. The van der Waals surface area contributed by atoms with Crippen molar-refractivity contribution in [3.63, 3.8) is 0 Å². The number of carbonyl (C=O) groups is 1. The van der Waals surface area contributed by atoms with Crippen molar-refractivity contribution >= 4 is 17.1 Å². The number of imidazole rings is 1. The molecule has 0 atom stereocenters. The lowest BCUT2D eigenvalue weighted by Gasteiger charge is -2.11. The highest BCUT2D eigenvalue weighted by atomic mass is 19.4. The van der Waals surface area contributed by atoms with E-state index in [9.17, 15) is 22.8 Å². The largest absolute Gasteiger partial charge is 0.492 e. The number of aromatic amines is 1. The van der Waals surface area contributed by atoms with Crippen LogP contribution in [0, 0.1) is 0 Å². The van der Waals surface area contributed by atoms with Gasteiger partial charge in [0, 0.05) is 5.56 Å². The third kappa shape index (κ3) is 3.68. The second-order valence-electron chi connectivity index (χ2n) is 6.70. The third-order valence-corrected chi connectivity index (χ3v) is 4.65. The van der Waals surface area contributed by atoms with Crippen molar-refractivity contribution in [3.05, 3.63) is 70.3 Å². The number of ether oxygens (including phenoxy) is 1. The van der Waals surface area contributed by atoms with E-state index in [-0.39, 0.29) is 28.2 Å². The van der Waals surface area contributed by atoms with E-state index in [1.165, 1.54) is 16.7 Å². The Morgan fingerprint density at radius 3 is 2.44 bits per heavy atom. The zero-order valence-electron chi connectivity index (χ0n) is 16.6. The summed E-state index contributed by atoms with van der Waals surface area (Å²) in [5, 5.41) is 0. The topological polar surface area (TPSA) is 116 Å². The molecule has 2 heterocycles. The van der Waals surface area contributed by atoms with Gasteiger partial charge in [-0.05, 0) is 31.2 Å². The van der Waals surface area contributed by atoms with Crippen molar-refractivity contribution in [1.29, 1.82) is 0 Å². The number of H-pyrrole nitrogens is 1. The van der Waals surface area contributed by atoms with E-state index in [1.807, 2.05) is 0 Å². The number of carbonyl (C=O) groups excluding carboxylic acids is 1. The normalized spacial score (nSPS) is 11.6. The molecule has 1 amide bonds. The van der Waals surface area contributed by atoms with E-state index in [0.29, 0.717) is 18.0 Å². The van der Waals surface area contributed by atoms with Crippen LogP contribution in [0.5, 0.6) is 5.75 Å². The predicted octanol–water partition coefficient (Wildman–Crippen LogP) is 3.29. The molecule has 2 aromatic carbocycles. The van der Waals surface area contributed by atoms with Crippen LogP contribution >= 0.6 is 0 Å². The van der Waals surface area contributed by atoms with E-state index >= 15 is 0 Å². The summed E-state index contributed by atoms with van der Waals surface area (Å²) in [4.78, 5) is 35.8. The third-order valence-electron chi connectivity index (χ3n) is 4.65. The second kappa shape index (κ2) is 7.84. The molecule has 3 N–H and O–H groups in total. The highest BCUT2D eigenvalue weighted by Gasteiger charge is 2.30. The Bertz CT molecular complexity index is 1370. The molecule has 0 unspecified atom stereocenters. The summed E-state index contributed by atoms with van der Waals surface area (Å²) < 4.78 is 45.5. The first-order valence-electron chi connectivity index (χ1n) is 9.43. The molecule has 0 fully saturated rings. The van der Waals surface area contributed by atoms with E-state index in [1.54, 1.807) is 31.2 Å². The van der Waals surface area contributed by atoms with Crippen molar-refractivity contribution in [2.75, 3.05) is 6.61 Å². The van der Waals surface area contributed by atoms with Crippen LogP contribution in [-0.4, -0.2) is 32.0 Å². The molecule has 0 saturated carbocycles. The molecule has 4 rings (SSSR count). The van der Waals surface area contributed by atoms with Crippen LogP contribution in [0.15, 0.2) is 53.3 Å². The number of nitrogens with one attached hydrogen (secondary N) is 1. The lowest BCUT2D eigenvalue weighted by Crippen LogP contribution is -2.16. The van der Waals surface area contributed by atoms with Crippen molar-refractivity contribution in [2.45, 2.75) is 13.1 Å². The Morgan fingerprint density at radius 1 is 1.12 bits per heavy atom. The zero-order chi connectivity index (χ0) is 23.0. The minimum Gasteiger partial charge on any atom is -0.492 e. The summed E-state index contributed by atoms with van der Waals surface area (Å²) in [5.41, 5.74) is 4.32. The summed E-state index contributed by atoms with van der Waals surface area (Å²) in [6.07, 6.45) is -4.51. The lowest BCUT2D eigenvalue weighted by molar-refractivity contribution is -0.137. The Balaban J connectivity index is 1.98. The Hall–Kier alpha value is -4.15. The second-order valence-corrected chi connectivity index (χ2v) is 6.70. The SMILES string of the molecule is CCOc1ccccc1-n1c(=O)[nH]c2c(C(N)=O)nc(-c3ccc(C(F)(F)F)cc3)nc21. The van der Waals surface area contributed by atoms with Gasteiger partial charge in [0.1, 0.15) is 11.3 Å². The van der Waals surface area contributed by atoms with Gasteiger partial charge in [0.05, 0.1) is 17.9 Å². The number of hydrogen-bond acceptors (Lipinski definition) is 5. The lowest BCUT2D eigenvalue weighted by atomic mass is 10.1. The number of benzene rings is 2. The van der Waals surface area contributed by atoms with Crippen LogP contribution in [0.3, 0.4) is 0 Å². The van der Waals surface area contributed by atoms with E-state index in [4.69, 9.17) is 10.5 Å². The fraction of sp³-hybridized carbons (Fsp3) is 0.143. The molecule has 0 saturated heterocycles. The molecule has 0 bridgehead atoms. The van der Waals surface area contributed by atoms with Crippen LogP contribution in [-0.2, 0) is 6.18 Å². The first kappa shape index (κ1) is 21.1. The standard InChI is InChI=1S/C21H16F3N5O3/c1-2-32-14-6-4-3-5-13(14)29-19-16(27-20(29)31)15(17(25)30)26-18(28-19)11-7-9-12(10-8-11)21(22,23)24/h3-10H,2H2,1H3,(H2,25,30)(H,27,31). The van der Waals surface area contributed by atoms with Crippen molar-refractivity contribution in [1.82, 2.24) is 19.5 Å². The average molecular weight is 443 g/mol. The fourth-order valence-corrected chi connectivity index (χ4v) is 3.24. The van der Waals surface area contributed by atoms with Gasteiger partial charge in [-0.15, -0.1) is 0 Å². The first-order chi connectivity index (χ1) is 15.2. The number of primary amides is 1. The van der Waals surface area contributed by atoms with Crippen LogP contribution in [0.4, 0.5) is 13.2 Å². The van der Waals surface area contributed by atoms with Crippen LogP contribution in [0.25, 0.3) is 28.2 Å². The first-order valence-corrected chi connectivity index (χ1v) is 9.43. The van der Waals surface area contributed by atoms with Crippen molar-refractivity contribution in [2.24, 2.45) is 5.73 Å². The van der Waals surface area contributed by atoms with Crippen molar-refractivity contribution in [3.8, 4) is 22.8 Å². The van der Waals surface area contributed by atoms with Crippen molar-refractivity contribution < 1.29 is 22.7 Å². The molecule has 0 aliphatic rings. The number of halogens is 3. The van der Waals surface area contributed by atoms with E-state index in [0.717, 1.165) is 12.1 Å². The summed E-state index contributed by atoms with van der Waals surface area (Å²) >= 11 is 0. The molecule has 2 aromatic heterocycles. The molecular formula is C21H16F3N5O3. The van der Waals surface area contributed by atoms with Crippen LogP contribution in [0.2, 0.25) is 0 Å². The molecular weight excluding hydrogens is 427 g/mol. The molecule has 0 aliphatic heterocycles. The number of fused-ring (bicyclic) bond motifs is 1. The fourth-order valence-electron chi connectivity index (χ4n) is 3.24. The van der Waals surface area contributed by atoms with Gasteiger partial charge in [-0.2, -0.15) is 13.2 Å². The average Bonchev–Trinajstić information content (AvgIpc) is 3.08. The number of rotatable bonds is 5. The summed E-state index contributed by atoms with van der Waals surface area (Å²) in [7, 11) is 0. The van der Waals surface area contributed by atoms with Gasteiger partial charge < -0.3 is 15.5 Å². The van der Waals surface area contributed by atoms with Crippen LogP contribution in [0.1, 0.15) is 23.0 Å². The minimum absolute atomic E-state index is 0.00413. The van der Waals surface area contributed by atoms with Gasteiger partial charge in [0.25, 0.3) is 5.91 Å². The highest BCUT2D eigenvalue weighted by Crippen LogP contribution is 2.31. The van der Waals surface area contributed by atoms with Gasteiger partial charge >= 0.3 is 11.9 Å². The number of amides is 1. The quantitative estimate of drug-likeness (QED) is 0.491. The molecule has 0 radical (unpaired) electrons. The van der Waals surface area contributed by atoms with E-state index < -0.39 is 23.3 Å². The Kier molecular flexibility index (Phi) is 5.17. The summed E-state index contributed by atoms with van der Waals surface area (Å²) in [6, 6.07) is 10.8. The number of aromatic nitrogens is 4. The maximum atomic E-state index is 12.9. The summed E-state index contributed by atoms with van der Waals surface area (Å²) in [6.45, 7) is 2.12. The van der Waals surface area contributed by atoms with E-state index in [2.05, 4.69) is 15.0 Å². The number of hydrogen-bond donors (Lipinski definition) is 2. The smallest absolute Gasteiger partial charge is 0.416 e. The van der Waals surface area contributed by atoms with Gasteiger partial charge in [-0.25, -0.2) is 19.3 Å². The molecule has 32 heavy (non-hydrogen) atoms. The molecule has 4 aromatic rings. The maximum absolute atomic E-state index is 12.9. The Labute approximate surface area is 178 Å². The minimum atomic E-state index is -4.51. The molecule has 8 nitrogen and oxygen atoms in total. The highest BCUT2D eigenvalue weighted by molar-refractivity contribution is 6.02. The maximum Gasteiger partial charge on any atom is 0.416 e. The van der Waals surface area contributed by atoms with Gasteiger partial charge in [-0.1, -0.05) is 24.3 Å². The number of alkyl halides is 3. The van der Waals surface area contributed by atoms with Gasteiger partial charge in [0.15, 0.2) is 17.2 Å². The zero-order valence-corrected chi connectivity index (χ0v) is 16.6. The molecule has 0 spiro atoms.